The highest BCUT2D eigenvalue weighted by Crippen LogP contribution is 2.34. The molecule has 0 spiro atoms. The van der Waals surface area contributed by atoms with Crippen molar-refractivity contribution in [1.29, 1.82) is 0 Å². The summed E-state index contributed by atoms with van der Waals surface area (Å²) in [6, 6.07) is 8.23. The largest absolute Gasteiger partial charge is 0.481 e. The van der Waals surface area contributed by atoms with E-state index in [-0.39, 0.29) is 5.82 Å². The Morgan fingerprint density at radius 2 is 2.00 bits per heavy atom. The molecule has 0 amide bonds. The fourth-order valence-electron chi connectivity index (χ4n) is 3.78. The number of pyridine rings is 2. The minimum Gasteiger partial charge on any atom is -0.481 e. The number of hydrogen-bond acceptors (Lipinski definition) is 5. The average Bonchev–Trinajstić information content (AvgIpc) is 2.62. The van der Waals surface area contributed by atoms with Crippen LogP contribution in [0.3, 0.4) is 0 Å². The van der Waals surface area contributed by atoms with Gasteiger partial charge in [-0.05, 0) is 30.2 Å². The van der Waals surface area contributed by atoms with Crippen molar-refractivity contribution in [3.63, 3.8) is 0 Å². The Labute approximate surface area is 141 Å². The van der Waals surface area contributed by atoms with Crippen LogP contribution in [0.5, 0.6) is 5.88 Å². The standard InChI is InChI=1S/C18H21FN4O/c1-24-18-7-13(4-6-21-18)9-23-14-8-15(23)11-22(10-14)12-17-16(19)3-2-5-20-17/h2-7,14-15H,8-12H2,1H3. The molecule has 0 aliphatic carbocycles. The van der Waals surface area contributed by atoms with Gasteiger partial charge in [-0.15, -0.1) is 0 Å². The van der Waals surface area contributed by atoms with Crippen LogP contribution in [0.15, 0.2) is 36.7 Å². The third kappa shape index (κ3) is 2.99. The quantitative estimate of drug-likeness (QED) is 0.841. The number of piperidine rings is 1. The van der Waals surface area contributed by atoms with Crippen LogP contribution in [0.1, 0.15) is 17.7 Å². The van der Waals surface area contributed by atoms with Crippen LogP contribution in [0.25, 0.3) is 0 Å². The SMILES string of the molecule is COc1cc(CN2C3CC2CN(Cc2ncccc2F)C3)ccn1. The second kappa shape index (κ2) is 6.45. The van der Waals surface area contributed by atoms with Gasteiger partial charge in [-0.25, -0.2) is 9.37 Å². The molecule has 0 radical (unpaired) electrons. The first-order chi connectivity index (χ1) is 11.7. The number of fused-ring (bicyclic) bond motifs is 2. The highest BCUT2D eigenvalue weighted by Gasteiger charge is 2.44. The molecule has 2 unspecified atom stereocenters. The summed E-state index contributed by atoms with van der Waals surface area (Å²) in [5.41, 5.74) is 1.77. The predicted molar refractivity (Wildman–Crippen MR) is 88.0 cm³/mol. The lowest BCUT2D eigenvalue weighted by Crippen LogP contribution is -2.67. The van der Waals surface area contributed by atoms with Gasteiger partial charge < -0.3 is 4.74 Å². The average molecular weight is 328 g/mol. The van der Waals surface area contributed by atoms with Gasteiger partial charge in [0.1, 0.15) is 5.82 Å². The zero-order valence-electron chi connectivity index (χ0n) is 13.7. The molecule has 2 aromatic rings. The summed E-state index contributed by atoms with van der Waals surface area (Å²) in [5.74, 6) is 0.447. The molecule has 24 heavy (non-hydrogen) atoms. The number of halogens is 1. The number of aromatic nitrogens is 2. The molecule has 5 nitrogen and oxygen atoms in total. The van der Waals surface area contributed by atoms with E-state index in [0.717, 1.165) is 19.6 Å². The topological polar surface area (TPSA) is 41.5 Å². The normalized spacial score (nSPS) is 23.8. The number of rotatable bonds is 5. The monoisotopic (exact) mass is 328 g/mol. The Hall–Kier alpha value is -2.05. The van der Waals surface area contributed by atoms with Gasteiger partial charge in [0.25, 0.3) is 0 Å². The van der Waals surface area contributed by atoms with E-state index in [9.17, 15) is 4.39 Å². The number of nitrogens with zero attached hydrogens (tertiary/aromatic N) is 4. The van der Waals surface area contributed by atoms with Crippen LogP contribution in [-0.4, -0.2) is 52.1 Å². The summed E-state index contributed by atoms with van der Waals surface area (Å²) >= 11 is 0. The molecule has 6 heteroatoms. The Balaban J connectivity index is 1.37. The zero-order valence-corrected chi connectivity index (χ0v) is 13.7. The van der Waals surface area contributed by atoms with Crippen LogP contribution in [0.2, 0.25) is 0 Å². The van der Waals surface area contributed by atoms with Gasteiger partial charge in [0, 0.05) is 56.7 Å². The van der Waals surface area contributed by atoms with Gasteiger partial charge >= 0.3 is 0 Å². The van der Waals surface area contributed by atoms with Crippen LogP contribution >= 0.6 is 0 Å². The summed E-state index contributed by atoms with van der Waals surface area (Å²) in [6.07, 6.45) is 4.68. The first kappa shape index (κ1) is 15.5. The Morgan fingerprint density at radius 1 is 1.17 bits per heavy atom. The Morgan fingerprint density at radius 3 is 2.75 bits per heavy atom. The number of piperazine rings is 1. The third-order valence-corrected chi connectivity index (χ3v) is 5.00. The van der Waals surface area contributed by atoms with Crippen molar-refractivity contribution in [3.8, 4) is 5.88 Å². The van der Waals surface area contributed by atoms with Crippen molar-refractivity contribution in [1.82, 2.24) is 19.8 Å². The van der Waals surface area contributed by atoms with Gasteiger partial charge in [-0.3, -0.25) is 14.8 Å². The van der Waals surface area contributed by atoms with Crippen LogP contribution < -0.4 is 4.74 Å². The Kier molecular flexibility index (Phi) is 4.16. The summed E-state index contributed by atoms with van der Waals surface area (Å²) in [5, 5.41) is 0. The van der Waals surface area contributed by atoms with Crippen molar-refractivity contribution >= 4 is 0 Å². The van der Waals surface area contributed by atoms with Gasteiger partial charge in [0.2, 0.25) is 5.88 Å². The lowest BCUT2D eigenvalue weighted by Gasteiger charge is -2.56. The van der Waals surface area contributed by atoms with Crippen molar-refractivity contribution in [2.75, 3.05) is 20.2 Å². The van der Waals surface area contributed by atoms with Crippen molar-refractivity contribution in [3.05, 3.63) is 53.7 Å². The van der Waals surface area contributed by atoms with E-state index < -0.39 is 0 Å². The highest BCUT2D eigenvalue weighted by molar-refractivity contribution is 5.21. The van der Waals surface area contributed by atoms with E-state index in [1.54, 1.807) is 25.6 Å². The zero-order chi connectivity index (χ0) is 16.5. The molecule has 3 aliphatic rings. The van der Waals surface area contributed by atoms with E-state index >= 15 is 0 Å². The Bertz CT molecular complexity index is 714. The van der Waals surface area contributed by atoms with Crippen molar-refractivity contribution in [2.45, 2.75) is 31.6 Å². The maximum atomic E-state index is 13.8. The van der Waals surface area contributed by atoms with Crippen LogP contribution in [-0.2, 0) is 13.1 Å². The summed E-state index contributed by atoms with van der Waals surface area (Å²) in [7, 11) is 1.64. The van der Waals surface area contributed by atoms with Gasteiger partial charge in [-0.1, -0.05) is 0 Å². The van der Waals surface area contributed by atoms with Crippen LogP contribution in [0.4, 0.5) is 4.39 Å². The van der Waals surface area contributed by atoms with E-state index in [4.69, 9.17) is 4.74 Å². The molecule has 5 heterocycles. The molecular formula is C18H21FN4O. The van der Waals surface area contributed by atoms with E-state index in [1.807, 2.05) is 12.1 Å². The highest BCUT2D eigenvalue weighted by atomic mass is 19.1. The van der Waals surface area contributed by atoms with Gasteiger partial charge in [0.15, 0.2) is 0 Å². The fourth-order valence-corrected chi connectivity index (χ4v) is 3.78. The second-order valence-corrected chi connectivity index (χ2v) is 6.55. The van der Waals surface area contributed by atoms with Crippen LogP contribution in [0, 0.1) is 5.82 Å². The molecule has 2 aromatic heterocycles. The molecule has 3 saturated heterocycles. The number of hydrogen-bond donors (Lipinski definition) is 0. The van der Waals surface area contributed by atoms with E-state index in [2.05, 4.69) is 19.8 Å². The third-order valence-electron chi connectivity index (χ3n) is 5.00. The smallest absolute Gasteiger partial charge is 0.213 e. The number of methoxy groups -OCH3 is 1. The maximum Gasteiger partial charge on any atom is 0.213 e. The van der Waals surface area contributed by atoms with E-state index in [1.165, 1.54) is 18.1 Å². The molecule has 3 fully saturated rings. The molecule has 0 aromatic carbocycles. The lowest BCUT2D eigenvalue weighted by atomic mass is 9.86. The maximum absolute atomic E-state index is 13.8. The first-order valence-corrected chi connectivity index (χ1v) is 8.29. The van der Waals surface area contributed by atoms with Crippen molar-refractivity contribution in [2.24, 2.45) is 0 Å². The molecule has 0 saturated carbocycles. The molecule has 2 atom stereocenters. The first-order valence-electron chi connectivity index (χ1n) is 8.29. The predicted octanol–water partition coefficient (Wildman–Crippen LogP) is 2.08. The summed E-state index contributed by atoms with van der Waals surface area (Å²) in [6.45, 7) is 3.44. The fraction of sp³-hybridized carbons (Fsp3) is 0.444. The molecule has 0 N–H and O–H groups in total. The van der Waals surface area contributed by atoms with E-state index in [0.29, 0.717) is 30.2 Å². The molecule has 126 valence electrons. The summed E-state index contributed by atoms with van der Waals surface area (Å²) in [4.78, 5) is 13.2. The second-order valence-electron chi connectivity index (χ2n) is 6.55. The molecule has 3 aliphatic heterocycles. The minimum absolute atomic E-state index is 0.211. The molecule has 5 rings (SSSR count). The minimum atomic E-state index is -0.211. The molecule has 2 bridgehead atoms. The van der Waals surface area contributed by atoms with Gasteiger partial charge in [-0.2, -0.15) is 0 Å². The van der Waals surface area contributed by atoms with Gasteiger partial charge in [0.05, 0.1) is 12.8 Å². The molecular weight excluding hydrogens is 307 g/mol. The lowest BCUT2D eigenvalue weighted by molar-refractivity contribution is -0.0780. The summed E-state index contributed by atoms with van der Waals surface area (Å²) < 4.78 is 19.0. The van der Waals surface area contributed by atoms with Crippen molar-refractivity contribution < 1.29 is 9.13 Å². The number of ether oxygens (including phenoxy) is 1.